The van der Waals surface area contributed by atoms with Gasteiger partial charge in [-0.3, -0.25) is 4.79 Å². The molecular formula is C15H19NO4. The second-order valence-electron chi connectivity index (χ2n) is 5.15. The molecule has 5 heteroatoms. The number of ether oxygens (including phenoxy) is 3. The average Bonchev–Trinajstić information content (AvgIpc) is 2.85. The fourth-order valence-corrected chi connectivity index (χ4v) is 2.84. The first-order valence-electron chi connectivity index (χ1n) is 6.97. The molecule has 0 amide bonds. The SMILES string of the molecule is COC(=O)C1CNCC1c1ccc2c(c1)OCCCO2. The fourth-order valence-electron chi connectivity index (χ4n) is 2.84. The molecule has 1 aromatic rings. The van der Waals surface area contributed by atoms with E-state index in [0.29, 0.717) is 19.8 Å². The minimum Gasteiger partial charge on any atom is -0.490 e. The van der Waals surface area contributed by atoms with Gasteiger partial charge in [0.25, 0.3) is 0 Å². The normalized spacial score (nSPS) is 25.1. The van der Waals surface area contributed by atoms with E-state index in [1.165, 1.54) is 7.11 Å². The number of benzene rings is 1. The second-order valence-corrected chi connectivity index (χ2v) is 5.15. The summed E-state index contributed by atoms with van der Waals surface area (Å²) in [6.07, 6.45) is 0.889. The number of hydrogen-bond donors (Lipinski definition) is 1. The van der Waals surface area contributed by atoms with Crippen molar-refractivity contribution in [3.05, 3.63) is 23.8 Å². The fraction of sp³-hybridized carbons (Fsp3) is 0.533. The zero-order valence-electron chi connectivity index (χ0n) is 11.6. The molecule has 0 bridgehead atoms. The lowest BCUT2D eigenvalue weighted by atomic mass is 9.89. The summed E-state index contributed by atoms with van der Waals surface area (Å²) in [5.41, 5.74) is 1.09. The second kappa shape index (κ2) is 5.71. The third-order valence-corrected chi connectivity index (χ3v) is 3.92. The van der Waals surface area contributed by atoms with Gasteiger partial charge in [-0.15, -0.1) is 0 Å². The molecule has 1 N–H and O–H groups in total. The molecule has 108 valence electrons. The van der Waals surface area contributed by atoms with E-state index in [1.807, 2.05) is 18.2 Å². The first-order chi connectivity index (χ1) is 9.79. The number of carbonyl (C=O) groups excluding carboxylic acids is 1. The Morgan fingerprint density at radius 1 is 1.25 bits per heavy atom. The van der Waals surface area contributed by atoms with E-state index in [-0.39, 0.29) is 17.8 Å². The molecule has 0 radical (unpaired) electrons. The van der Waals surface area contributed by atoms with Crippen LogP contribution in [0.25, 0.3) is 0 Å². The Balaban J connectivity index is 1.86. The Bertz CT molecular complexity index is 503. The summed E-state index contributed by atoms with van der Waals surface area (Å²) in [6, 6.07) is 5.94. The molecule has 2 aliphatic rings. The van der Waals surface area contributed by atoms with E-state index >= 15 is 0 Å². The van der Waals surface area contributed by atoms with Crippen LogP contribution in [0.15, 0.2) is 18.2 Å². The zero-order chi connectivity index (χ0) is 13.9. The van der Waals surface area contributed by atoms with Gasteiger partial charge >= 0.3 is 5.97 Å². The lowest BCUT2D eigenvalue weighted by Crippen LogP contribution is -2.23. The molecule has 5 nitrogen and oxygen atoms in total. The van der Waals surface area contributed by atoms with Gasteiger partial charge in [-0.05, 0) is 17.7 Å². The van der Waals surface area contributed by atoms with E-state index < -0.39 is 0 Å². The van der Waals surface area contributed by atoms with Crippen LogP contribution in [0.2, 0.25) is 0 Å². The van der Waals surface area contributed by atoms with Crippen molar-refractivity contribution in [2.24, 2.45) is 5.92 Å². The van der Waals surface area contributed by atoms with Gasteiger partial charge in [0.15, 0.2) is 11.5 Å². The van der Waals surface area contributed by atoms with Gasteiger partial charge in [-0.1, -0.05) is 6.07 Å². The van der Waals surface area contributed by atoms with Crippen LogP contribution in [0.3, 0.4) is 0 Å². The molecule has 2 atom stereocenters. The first kappa shape index (κ1) is 13.2. The van der Waals surface area contributed by atoms with Crippen molar-refractivity contribution < 1.29 is 19.0 Å². The number of rotatable bonds is 2. The predicted octanol–water partition coefficient (Wildman–Crippen LogP) is 1.32. The summed E-state index contributed by atoms with van der Waals surface area (Å²) < 4.78 is 16.2. The summed E-state index contributed by atoms with van der Waals surface area (Å²) >= 11 is 0. The first-order valence-corrected chi connectivity index (χ1v) is 6.97. The summed E-state index contributed by atoms with van der Waals surface area (Å²) in [5.74, 6) is 1.39. The van der Waals surface area contributed by atoms with E-state index in [1.54, 1.807) is 0 Å². The molecule has 2 aliphatic heterocycles. The highest BCUT2D eigenvalue weighted by atomic mass is 16.5. The standard InChI is InChI=1S/C15H19NO4/c1-18-15(17)12-9-16-8-11(12)10-3-4-13-14(7-10)20-6-2-5-19-13/h3-4,7,11-12,16H,2,5-6,8-9H2,1H3. The molecule has 0 aromatic heterocycles. The van der Waals surface area contributed by atoms with Crippen LogP contribution in [0.5, 0.6) is 11.5 Å². The Morgan fingerprint density at radius 2 is 2.05 bits per heavy atom. The van der Waals surface area contributed by atoms with Crippen LogP contribution < -0.4 is 14.8 Å². The van der Waals surface area contributed by atoms with Crippen molar-refractivity contribution in [1.82, 2.24) is 5.32 Å². The van der Waals surface area contributed by atoms with Crippen LogP contribution in [0, 0.1) is 5.92 Å². The number of hydrogen-bond acceptors (Lipinski definition) is 5. The number of carbonyl (C=O) groups is 1. The third-order valence-electron chi connectivity index (χ3n) is 3.92. The molecular weight excluding hydrogens is 258 g/mol. The Labute approximate surface area is 118 Å². The maximum Gasteiger partial charge on any atom is 0.310 e. The van der Waals surface area contributed by atoms with Gasteiger partial charge in [0.1, 0.15) is 0 Å². The largest absolute Gasteiger partial charge is 0.490 e. The topological polar surface area (TPSA) is 56.8 Å². The number of methoxy groups -OCH3 is 1. The van der Waals surface area contributed by atoms with E-state index in [0.717, 1.165) is 30.0 Å². The maximum absolute atomic E-state index is 11.8. The van der Waals surface area contributed by atoms with Crippen LogP contribution in [-0.4, -0.2) is 39.4 Å². The van der Waals surface area contributed by atoms with Gasteiger partial charge < -0.3 is 19.5 Å². The van der Waals surface area contributed by atoms with Crippen LogP contribution >= 0.6 is 0 Å². The molecule has 2 unspecified atom stereocenters. The molecule has 1 fully saturated rings. The van der Waals surface area contributed by atoms with Crippen molar-refractivity contribution in [3.63, 3.8) is 0 Å². The van der Waals surface area contributed by atoms with E-state index in [2.05, 4.69) is 5.32 Å². The Kier molecular flexibility index (Phi) is 3.78. The molecule has 3 rings (SSSR count). The quantitative estimate of drug-likeness (QED) is 0.826. The molecule has 1 saturated heterocycles. The zero-order valence-corrected chi connectivity index (χ0v) is 11.6. The minimum atomic E-state index is -0.160. The Morgan fingerprint density at radius 3 is 2.85 bits per heavy atom. The van der Waals surface area contributed by atoms with Gasteiger partial charge in [0.05, 0.1) is 26.2 Å². The predicted molar refractivity (Wildman–Crippen MR) is 73.2 cm³/mol. The molecule has 0 spiro atoms. The minimum absolute atomic E-state index is 0.125. The van der Waals surface area contributed by atoms with Gasteiger partial charge in [-0.25, -0.2) is 0 Å². The summed E-state index contributed by atoms with van der Waals surface area (Å²) in [6.45, 7) is 2.78. The molecule has 0 saturated carbocycles. The summed E-state index contributed by atoms with van der Waals surface area (Å²) in [4.78, 5) is 11.8. The van der Waals surface area contributed by atoms with Gasteiger partial charge in [0.2, 0.25) is 0 Å². The highest BCUT2D eigenvalue weighted by molar-refractivity contribution is 5.74. The smallest absolute Gasteiger partial charge is 0.310 e. The van der Waals surface area contributed by atoms with Crippen LogP contribution in [-0.2, 0) is 9.53 Å². The molecule has 0 aliphatic carbocycles. The van der Waals surface area contributed by atoms with Gasteiger partial charge in [0, 0.05) is 25.4 Å². The summed E-state index contributed by atoms with van der Waals surface area (Å²) in [5, 5.41) is 3.26. The van der Waals surface area contributed by atoms with Crippen molar-refractivity contribution in [3.8, 4) is 11.5 Å². The molecule has 1 aromatic carbocycles. The maximum atomic E-state index is 11.8. The Hall–Kier alpha value is -1.75. The third kappa shape index (κ3) is 2.45. The van der Waals surface area contributed by atoms with Crippen LogP contribution in [0.4, 0.5) is 0 Å². The van der Waals surface area contributed by atoms with E-state index in [4.69, 9.17) is 14.2 Å². The van der Waals surface area contributed by atoms with E-state index in [9.17, 15) is 4.79 Å². The molecule has 2 heterocycles. The average molecular weight is 277 g/mol. The summed E-state index contributed by atoms with van der Waals surface area (Å²) in [7, 11) is 1.44. The van der Waals surface area contributed by atoms with Crippen molar-refractivity contribution >= 4 is 5.97 Å². The van der Waals surface area contributed by atoms with Crippen LogP contribution in [0.1, 0.15) is 17.9 Å². The monoisotopic (exact) mass is 277 g/mol. The lowest BCUT2D eigenvalue weighted by Gasteiger charge is -2.18. The number of fused-ring (bicyclic) bond motifs is 1. The number of nitrogens with one attached hydrogen (secondary N) is 1. The molecule has 20 heavy (non-hydrogen) atoms. The highest BCUT2D eigenvalue weighted by Gasteiger charge is 2.35. The van der Waals surface area contributed by atoms with Gasteiger partial charge in [-0.2, -0.15) is 0 Å². The highest BCUT2D eigenvalue weighted by Crippen LogP contribution is 2.36. The van der Waals surface area contributed by atoms with Crippen molar-refractivity contribution in [2.75, 3.05) is 33.4 Å². The van der Waals surface area contributed by atoms with Crippen molar-refractivity contribution in [1.29, 1.82) is 0 Å². The lowest BCUT2D eigenvalue weighted by molar-refractivity contribution is -0.145. The number of esters is 1. The van der Waals surface area contributed by atoms with Crippen molar-refractivity contribution in [2.45, 2.75) is 12.3 Å².